The van der Waals surface area contributed by atoms with Crippen LogP contribution in [0.15, 0.2) is 36.4 Å². The Bertz CT molecular complexity index is 432. The molecule has 96 valence electrons. The van der Waals surface area contributed by atoms with Gasteiger partial charge in [-0.15, -0.1) is 0 Å². The lowest BCUT2D eigenvalue weighted by Gasteiger charge is -2.18. The third kappa shape index (κ3) is 5.13. The van der Waals surface area contributed by atoms with Crippen molar-refractivity contribution in [2.45, 2.75) is 13.5 Å². The van der Waals surface area contributed by atoms with Gasteiger partial charge in [-0.2, -0.15) is 5.26 Å². The number of nitriles is 1. The van der Waals surface area contributed by atoms with E-state index in [1.165, 1.54) is 5.57 Å². The molecule has 3 heteroatoms. The average molecular weight is 243 g/mol. The summed E-state index contributed by atoms with van der Waals surface area (Å²) in [7, 11) is 2.07. The number of hydrogen-bond acceptors (Lipinski definition) is 3. The van der Waals surface area contributed by atoms with Crippen LogP contribution in [-0.2, 0) is 6.54 Å². The quantitative estimate of drug-likeness (QED) is 0.746. The Balaban J connectivity index is 2.46. The van der Waals surface area contributed by atoms with Gasteiger partial charge in [-0.3, -0.25) is 4.90 Å². The molecule has 0 unspecified atom stereocenters. The number of rotatable bonds is 7. The first kappa shape index (κ1) is 14.4. The molecule has 0 atom stereocenters. The maximum Gasteiger partial charge on any atom is 0.0991 e. The molecule has 0 aliphatic heterocycles. The number of likely N-dealkylation sites (N-methyl/N-ethyl adjacent to an activating group) is 2. The maximum absolute atomic E-state index is 8.85. The lowest BCUT2D eigenvalue weighted by Crippen LogP contribution is -2.25. The summed E-state index contributed by atoms with van der Waals surface area (Å²) in [5.41, 5.74) is 3.05. The Morgan fingerprint density at radius 2 is 2.28 bits per heavy atom. The lowest BCUT2D eigenvalue weighted by molar-refractivity contribution is 0.352. The summed E-state index contributed by atoms with van der Waals surface area (Å²) in [5, 5.41) is 12.1. The van der Waals surface area contributed by atoms with Gasteiger partial charge in [0.25, 0.3) is 0 Å². The molecule has 1 aromatic rings. The van der Waals surface area contributed by atoms with Crippen LogP contribution in [-0.4, -0.2) is 31.6 Å². The summed E-state index contributed by atoms with van der Waals surface area (Å²) in [6, 6.07) is 9.90. The van der Waals surface area contributed by atoms with Gasteiger partial charge in [0.2, 0.25) is 0 Å². The fourth-order valence-corrected chi connectivity index (χ4v) is 1.85. The van der Waals surface area contributed by atoms with Crippen molar-refractivity contribution in [3.05, 3.63) is 47.5 Å². The molecule has 0 aromatic heterocycles. The zero-order valence-corrected chi connectivity index (χ0v) is 11.2. The molecule has 0 saturated heterocycles. The van der Waals surface area contributed by atoms with E-state index in [9.17, 15) is 0 Å². The Kier molecular flexibility index (Phi) is 6.13. The van der Waals surface area contributed by atoms with Crippen LogP contribution in [0.1, 0.15) is 18.1 Å². The van der Waals surface area contributed by atoms with E-state index in [2.05, 4.69) is 36.8 Å². The summed E-state index contributed by atoms with van der Waals surface area (Å²) in [5.74, 6) is 0. The van der Waals surface area contributed by atoms with Crippen LogP contribution < -0.4 is 5.32 Å². The molecular weight excluding hydrogens is 222 g/mol. The molecule has 0 fully saturated rings. The maximum atomic E-state index is 8.85. The van der Waals surface area contributed by atoms with E-state index in [4.69, 9.17) is 5.26 Å². The molecule has 3 nitrogen and oxygen atoms in total. The van der Waals surface area contributed by atoms with E-state index >= 15 is 0 Å². The van der Waals surface area contributed by atoms with Crippen molar-refractivity contribution in [3.8, 4) is 6.07 Å². The average Bonchev–Trinajstić information content (AvgIpc) is 2.36. The highest BCUT2D eigenvalue weighted by molar-refractivity contribution is 5.32. The summed E-state index contributed by atoms with van der Waals surface area (Å²) in [4.78, 5) is 2.20. The monoisotopic (exact) mass is 243 g/mol. The zero-order valence-electron chi connectivity index (χ0n) is 11.2. The van der Waals surface area contributed by atoms with Gasteiger partial charge in [0.1, 0.15) is 0 Å². The molecule has 0 aliphatic rings. The minimum atomic E-state index is 0.715. The van der Waals surface area contributed by atoms with Crippen LogP contribution in [0.25, 0.3) is 0 Å². The van der Waals surface area contributed by atoms with E-state index in [0.717, 1.165) is 31.7 Å². The molecule has 0 heterocycles. The Labute approximate surface area is 110 Å². The molecule has 0 saturated carbocycles. The predicted octanol–water partition coefficient (Wildman–Crippen LogP) is 2.16. The van der Waals surface area contributed by atoms with Crippen LogP contribution in [0.4, 0.5) is 0 Å². The summed E-state index contributed by atoms with van der Waals surface area (Å²) in [6.45, 7) is 9.66. The number of hydrogen-bond donors (Lipinski definition) is 1. The van der Waals surface area contributed by atoms with Crippen molar-refractivity contribution < 1.29 is 0 Å². The van der Waals surface area contributed by atoms with E-state index in [1.807, 2.05) is 24.3 Å². The highest BCUT2D eigenvalue weighted by Crippen LogP contribution is 2.07. The number of nitrogens with one attached hydrogen (secondary N) is 1. The zero-order chi connectivity index (χ0) is 13.4. The van der Waals surface area contributed by atoms with Gasteiger partial charge in [0.15, 0.2) is 0 Å². The van der Waals surface area contributed by atoms with Crippen LogP contribution in [0.5, 0.6) is 0 Å². The fraction of sp³-hybridized carbons (Fsp3) is 0.400. The lowest BCUT2D eigenvalue weighted by atomic mass is 10.1. The molecular formula is C15H21N3. The normalized spacial score (nSPS) is 10.3. The van der Waals surface area contributed by atoms with Crippen LogP contribution in [0.3, 0.4) is 0 Å². The summed E-state index contributed by atoms with van der Waals surface area (Å²) in [6.07, 6.45) is 0. The van der Waals surface area contributed by atoms with E-state index < -0.39 is 0 Å². The second kappa shape index (κ2) is 7.65. The first-order valence-electron chi connectivity index (χ1n) is 6.20. The van der Waals surface area contributed by atoms with E-state index in [1.54, 1.807) is 0 Å². The van der Waals surface area contributed by atoms with Crippen molar-refractivity contribution in [2.75, 3.05) is 26.7 Å². The molecule has 0 amide bonds. The summed E-state index contributed by atoms with van der Waals surface area (Å²) >= 11 is 0. The van der Waals surface area contributed by atoms with Crippen molar-refractivity contribution in [1.82, 2.24) is 10.2 Å². The minimum Gasteiger partial charge on any atom is -0.313 e. The SMILES string of the molecule is C=C(CNCC)CN(C)Cc1cccc(C#N)c1. The standard InChI is InChI=1S/C15H21N3/c1-4-17-10-13(2)11-18(3)12-15-7-5-6-14(8-15)9-16/h5-8,17H,2,4,10-12H2,1,3H3. The van der Waals surface area contributed by atoms with Gasteiger partial charge in [-0.1, -0.05) is 25.6 Å². The molecule has 0 aliphatic carbocycles. The van der Waals surface area contributed by atoms with Crippen molar-refractivity contribution >= 4 is 0 Å². The minimum absolute atomic E-state index is 0.715. The van der Waals surface area contributed by atoms with Crippen LogP contribution in [0, 0.1) is 11.3 Å². The first-order chi connectivity index (χ1) is 8.65. The Hall–Kier alpha value is -1.63. The number of benzene rings is 1. The van der Waals surface area contributed by atoms with Gasteiger partial charge >= 0.3 is 0 Å². The largest absolute Gasteiger partial charge is 0.313 e. The second-order valence-electron chi connectivity index (χ2n) is 4.51. The predicted molar refractivity (Wildman–Crippen MR) is 75.2 cm³/mol. The van der Waals surface area contributed by atoms with Crippen LogP contribution in [0.2, 0.25) is 0 Å². The van der Waals surface area contributed by atoms with Crippen molar-refractivity contribution in [1.29, 1.82) is 5.26 Å². The van der Waals surface area contributed by atoms with Gasteiger partial charge in [-0.25, -0.2) is 0 Å². The van der Waals surface area contributed by atoms with Crippen LogP contribution >= 0.6 is 0 Å². The van der Waals surface area contributed by atoms with Gasteiger partial charge in [0, 0.05) is 19.6 Å². The molecule has 0 spiro atoms. The Morgan fingerprint density at radius 1 is 1.50 bits per heavy atom. The van der Waals surface area contributed by atoms with Gasteiger partial charge < -0.3 is 5.32 Å². The third-order valence-electron chi connectivity index (χ3n) is 2.63. The smallest absolute Gasteiger partial charge is 0.0991 e. The number of nitrogens with zero attached hydrogens (tertiary/aromatic N) is 2. The summed E-state index contributed by atoms with van der Waals surface area (Å²) < 4.78 is 0. The highest BCUT2D eigenvalue weighted by atomic mass is 15.1. The van der Waals surface area contributed by atoms with Crippen molar-refractivity contribution in [2.24, 2.45) is 0 Å². The first-order valence-corrected chi connectivity index (χ1v) is 6.20. The molecule has 1 aromatic carbocycles. The topological polar surface area (TPSA) is 39.1 Å². The molecule has 1 rings (SSSR count). The van der Waals surface area contributed by atoms with E-state index in [-0.39, 0.29) is 0 Å². The highest BCUT2D eigenvalue weighted by Gasteiger charge is 2.03. The van der Waals surface area contributed by atoms with E-state index in [0.29, 0.717) is 5.56 Å². The molecule has 0 bridgehead atoms. The second-order valence-corrected chi connectivity index (χ2v) is 4.51. The molecule has 18 heavy (non-hydrogen) atoms. The third-order valence-corrected chi connectivity index (χ3v) is 2.63. The van der Waals surface area contributed by atoms with Gasteiger partial charge in [-0.05, 0) is 36.9 Å². The fourth-order valence-electron chi connectivity index (χ4n) is 1.85. The molecule has 1 N–H and O–H groups in total. The van der Waals surface area contributed by atoms with Gasteiger partial charge in [0.05, 0.1) is 11.6 Å². The Morgan fingerprint density at radius 3 is 2.94 bits per heavy atom. The van der Waals surface area contributed by atoms with Crippen molar-refractivity contribution in [3.63, 3.8) is 0 Å². The molecule has 0 radical (unpaired) electrons.